The van der Waals surface area contributed by atoms with Crippen molar-refractivity contribution in [2.45, 2.75) is 43.7 Å². The van der Waals surface area contributed by atoms with Gasteiger partial charge < -0.3 is 5.11 Å². The van der Waals surface area contributed by atoms with Crippen LogP contribution in [0.2, 0.25) is 0 Å². The number of hydrogen-bond donors (Lipinski definition) is 1. The maximum absolute atomic E-state index is 10.7. The van der Waals surface area contributed by atoms with E-state index in [0.717, 1.165) is 25.9 Å². The largest absolute Gasteiger partial charge is 0.391 e. The lowest BCUT2D eigenvalue weighted by molar-refractivity contribution is 0.0294. The lowest BCUT2D eigenvalue weighted by Crippen LogP contribution is -2.50. The van der Waals surface area contributed by atoms with Gasteiger partial charge in [-0.25, -0.2) is 0 Å². The molecule has 0 bridgehead atoms. The average Bonchev–Trinajstić information content (AvgIpc) is 2.62. The van der Waals surface area contributed by atoms with Crippen LogP contribution in [0.5, 0.6) is 0 Å². The number of rotatable bonds is 2. The van der Waals surface area contributed by atoms with E-state index in [9.17, 15) is 5.11 Å². The molecule has 2 aromatic rings. The quantitative estimate of drug-likeness (QED) is 0.724. The zero-order valence-electron chi connectivity index (χ0n) is 13.9. The minimum atomic E-state index is -0.232. The van der Waals surface area contributed by atoms with Crippen LogP contribution in [0.1, 0.15) is 35.4 Å². The Morgan fingerprint density at radius 2 is 1.67 bits per heavy atom. The van der Waals surface area contributed by atoms with E-state index in [1.807, 2.05) is 0 Å². The van der Waals surface area contributed by atoms with E-state index in [-0.39, 0.29) is 12.1 Å². The Labute approximate surface area is 158 Å². The van der Waals surface area contributed by atoms with Crippen molar-refractivity contribution in [3.63, 3.8) is 0 Å². The molecule has 1 fully saturated rings. The van der Waals surface area contributed by atoms with Crippen LogP contribution in [0.15, 0.2) is 48.5 Å². The van der Waals surface area contributed by atoms with Gasteiger partial charge in [-0.2, -0.15) is 0 Å². The number of nitrogens with zero attached hydrogens (tertiary/aromatic N) is 1. The molecular formula is C21H24INO. The van der Waals surface area contributed by atoms with Crippen molar-refractivity contribution in [2.24, 2.45) is 0 Å². The number of aliphatic hydroxyl groups excluding tert-OH is 1. The van der Waals surface area contributed by atoms with Gasteiger partial charge in [0.15, 0.2) is 0 Å². The molecule has 0 saturated carbocycles. The third-order valence-corrected chi connectivity index (χ3v) is 6.41. The molecule has 2 aromatic carbocycles. The molecule has 2 aliphatic rings. The van der Waals surface area contributed by atoms with Gasteiger partial charge in [-0.3, -0.25) is 4.90 Å². The van der Waals surface area contributed by atoms with E-state index in [1.54, 1.807) is 0 Å². The van der Waals surface area contributed by atoms with Gasteiger partial charge >= 0.3 is 0 Å². The van der Waals surface area contributed by atoms with Gasteiger partial charge in [0.05, 0.1) is 6.10 Å². The van der Waals surface area contributed by atoms with Crippen LogP contribution in [0.4, 0.5) is 0 Å². The van der Waals surface area contributed by atoms with Crippen molar-refractivity contribution in [1.29, 1.82) is 0 Å². The van der Waals surface area contributed by atoms with Gasteiger partial charge in [0.25, 0.3) is 0 Å². The molecule has 0 spiro atoms. The molecule has 1 saturated heterocycles. The molecular weight excluding hydrogens is 409 g/mol. The second kappa shape index (κ2) is 7.14. The van der Waals surface area contributed by atoms with Gasteiger partial charge in [-0.05, 0) is 89.7 Å². The van der Waals surface area contributed by atoms with Crippen molar-refractivity contribution < 1.29 is 5.11 Å². The Hall–Kier alpha value is -0.910. The molecule has 1 heterocycles. The smallest absolute Gasteiger partial charge is 0.0738 e. The van der Waals surface area contributed by atoms with Crippen molar-refractivity contribution >= 4 is 22.6 Å². The van der Waals surface area contributed by atoms with Crippen LogP contribution in [-0.2, 0) is 12.8 Å². The Morgan fingerprint density at radius 3 is 2.42 bits per heavy atom. The first-order valence-corrected chi connectivity index (χ1v) is 10.0. The van der Waals surface area contributed by atoms with Crippen molar-refractivity contribution in [2.75, 3.05) is 13.1 Å². The molecule has 3 heteroatoms. The normalized spacial score (nSPS) is 25.4. The monoisotopic (exact) mass is 433 g/mol. The molecule has 2 nitrogen and oxygen atoms in total. The van der Waals surface area contributed by atoms with Gasteiger partial charge in [-0.15, -0.1) is 0 Å². The fourth-order valence-corrected chi connectivity index (χ4v) is 4.92. The lowest BCUT2D eigenvalue weighted by atomic mass is 9.83. The van der Waals surface area contributed by atoms with E-state index in [4.69, 9.17) is 0 Å². The van der Waals surface area contributed by atoms with Crippen molar-refractivity contribution in [3.05, 3.63) is 68.8 Å². The Balaban J connectivity index is 1.43. The summed E-state index contributed by atoms with van der Waals surface area (Å²) in [6.07, 6.45) is 3.96. The summed E-state index contributed by atoms with van der Waals surface area (Å²) in [5.41, 5.74) is 4.24. The fraction of sp³-hybridized carbons (Fsp3) is 0.429. The first-order chi connectivity index (χ1) is 11.7. The fourth-order valence-electron chi connectivity index (χ4n) is 4.37. The average molecular weight is 433 g/mol. The molecule has 0 unspecified atom stereocenters. The van der Waals surface area contributed by atoms with E-state index in [1.165, 1.54) is 33.1 Å². The molecule has 1 aliphatic carbocycles. The summed E-state index contributed by atoms with van der Waals surface area (Å²) >= 11 is 2.36. The van der Waals surface area contributed by atoms with E-state index in [2.05, 4.69) is 76.0 Å². The maximum atomic E-state index is 10.7. The number of benzene rings is 2. The summed E-state index contributed by atoms with van der Waals surface area (Å²) in [6, 6.07) is 17.9. The number of fused-ring (bicyclic) bond motifs is 1. The summed E-state index contributed by atoms with van der Waals surface area (Å²) < 4.78 is 1.26. The summed E-state index contributed by atoms with van der Waals surface area (Å²) in [4.78, 5) is 2.53. The molecule has 1 N–H and O–H groups in total. The Morgan fingerprint density at radius 1 is 0.917 bits per heavy atom. The molecule has 4 rings (SSSR count). The highest BCUT2D eigenvalue weighted by Crippen LogP contribution is 2.32. The number of hydrogen-bond acceptors (Lipinski definition) is 2. The van der Waals surface area contributed by atoms with Crippen LogP contribution >= 0.6 is 22.6 Å². The summed E-state index contributed by atoms with van der Waals surface area (Å²) in [6.45, 7) is 2.20. The van der Waals surface area contributed by atoms with Gasteiger partial charge in [-0.1, -0.05) is 36.4 Å². The lowest BCUT2D eigenvalue weighted by Gasteiger charge is -2.42. The Bertz CT molecular complexity index is 694. The molecule has 24 heavy (non-hydrogen) atoms. The minimum absolute atomic E-state index is 0.232. The van der Waals surface area contributed by atoms with Gasteiger partial charge in [0, 0.05) is 16.0 Å². The number of likely N-dealkylation sites (tertiary alicyclic amines) is 1. The molecule has 0 aromatic heterocycles. The van der Waals surface area contributed by atoms with Crippen LogP contribution in [-0.4, -0.2) is 35.2 Å². The van der Waals surface area contributed by atoms with Gasteiger partial charge in [0.2, 0.25) is 0 Å². The number of aliphatic hydroxyl groups is 1. The summed E-state index contributed by atoms with van der Waals surface area (Å²) in [5, 5.41) is 10.7. The SMILES string of the molecule is O[C@H]1Cc2cc(I)ccc2C[C@@H]1N1CCC(c2ccccc2)CC1. The van der Waals surface area contributed by atoms with Crippen LogP contribution in [0, 0.1) is 3.57 Å². The van der Waals surface area contributed by atoms with Crippen LogP contribution in [0.25, 0.3) is 0 Å². The first-order valence-electron chi connectivity index (χ1n) is 8.95. The maximum Gasteiger partial charge on any atom is 0.0738 e. The Kier molecular flexibility index (Phi) is 4.93. The highest BCUT2D eigenvalue weighted by atomic mass is 127. The minimum Gasteiger partial charge on any atom is -0.391 e. The predicted molar refractivity (Wildman–Crippen MR) is 106 cm³/mol. The number of piperidine rings is 1. The highest BCUT2D eigenvalue weighted by Gasteiger charge is 2.33. The second-order valence-electron chi connectivity index (χ2n) is 7.18. The van der Waals surface area contributed by atoms with E-state index >= 15 is 0 Å². The zero-order chi connectivity index (χ0) is 16.5. The first kappa shape index (κ1) is 16.6. The zero-order valence-corrected chi connectivity index (χ0v) is 16.0. The third kappa shape index (κ3) is 3.39. The molecule has 1 aliphatic heterocycles. The summed E-state index contributed by atoms with van der Waals surface area (Å²) in [7, 11) is 0. The number of halogens is 1. The van der Waals surface area contributed by atoms with Crippen LogP contribution in [0.3, 0.4) is 0 Å². The van der Waals surface area contributed by atoms with E-state index in [0.29, 0.717) is 5.92 Å². The second-order valence-corrected chi connectivity index (χ2v) is 8.42. The molecule has 126 valence electrons. The van der Waals surface area contributed by atoms with Gasteiger partial charge in [0.1, 0.15) is 0 Å². The molecule has 2 atom stereocenters. The summed E-state index contributed by atoms with van der Waals surface area (Å²) in [5.74, 6) is 0.678. The van der Waals surface area contributed by atoms with Crippen molar-refractivity contribution in [3.8, 4) is 0 Å². The third-order valence-electron chi connectivity index (χ3n) is 5.74. The highest BCUT2D eigenvalue weighted by molar-refractivity contribution is 14.1. The van der Waals surface area contributed by atoms with Crippen LogP contribution < -0.4 is 0 Å². The predicted octanol–water partition coefficient (Wildman–Crippen LogP) is 4.00. The molecule has 0 radical (unpaired) electrons. The molecule has 0 amide bonds. The van der Waals surface area contributed by atoms with E-state index < -0.39 is 0 Å². The standard InChI is InChI=1S/C21H24INO/c22-19-7-6-17-13-20(21(24)14-18(17)12-19)23-10-8-16(9-11-23)15-4-2-1-3-5-15/h1-7,12,16,20-21,24H,8-11,13-14H2/t20-,21-/m0/s1. The topological polar surface area (TPSA) is 23.5 Å². The van der Waals surface area contributed by atoms with Crippen molar-refractivity contribution in [1.82, 2.24) is 4.90 Å².